The first-order valence-electron chi connectivity index (χ1n) is 8.43. The zero-order valence-corrected chi connectivity index (χ0v) is 15.1. The normalized spacial score (nSPS) is 28.0. The molecule has 0 radical (unpaired) electrons. The van der Waals surface area contributed by atoms with Gasteiger partial charge in [0.25, 0.3) is 0 Å². The van der Waals surface area contributed by atoms with E-state index in [1.54, 1.807) is 13.0 Å². The molecule has 1 aliphatic carbocycles. The van der Waals surface area contributed by atoms with Crippen molar-refractivity contribution in [2.75, 3.05) is 19.8 Å². The number of aryl methyl sites for hydroxylation is 1. The lowest BCUT2D eigenvalue weighted by Gasteiger charge is -2.27. The molecule has 2 nitrogen and oxygen atoms in total. The third kappa shape index (κ3) is 4.65. The average Bonchev–Trinajstić information content (AvgIpc) is 3.04. The number of hydrogen-bond acceptors (Lipinski definition) is 2. The summed E-state index contributed by atoms with van der Waals surface area (Å²) in [7, 11) is 0. The highest BCUT2D eigenvalue weighted by Gasteiger charge is 2.24. The number of hydrogen-bond donors (Lipinski definition) is 0. The Balaban J connectivity index is 1.53. The highest BCUT2D eigenvalue weighted by molar-refractivity contribution is 9.11. The molecule has 23 heavy (non-hydrogen) atoms. The fourth-order valence-corrected chi connectivity index (χ4v) is 4.02. The Kier molecular flexibility index (Phi) is 5.89. The summed E-state index contributed by atoms with van der Waals surface area (Å²) in [5.74, 6) is 0.811. The minimum absolute atomic E-state index is 0.105. The van der Waals surface area contributed by atoms with E-state index >= 15 is 0 Å². The van der Waals surface area contributed by atoms with Crippen molar-refractivity contribution in [2.24, 2.45) is 11.8 Å². The SMILES string of the molecule is Cc1ccc(C[C@H]2C=C(Br)C(COC3CCOC3)CC2)cc1F. The van der Waals surface area contributed by atoms with Gasteiger partial charge < -0.3 is 9.47 Å². The number of allylic oxidation sites excluding steroid dienone is 1. The summed E-state index contributed by atoms with van der Waals surface area (Å²) in [4.78, 5) is 0. The van der Waals surface area contributed by atoms with Crippen molar-refractivity contribution in [3.05, 3.63) is 45.7 Å². The fraction of sp³-hybridized carbons (Fsp3) is 0.579. The van der Waals surface area contributed by atoms with Crippen molar-refractivity contribution in [1.29, 1.82) is 0 Å². The molecule has 0 saturated carbocycles. The van der Waals surface area contributed by atoms with E-state index in [4.69, 9.17) is 9.47 Å². The van der Waals surface area contributed by atoms with Gasteiger partial charge in [-0.1, -0.05) is 34.1 Å². The highest BCUT2D eigenvalue weighted by atomic mass is 79.9. The molecule has 1 heterocycles. The molecule has 4 heteroatoms. The summed E-state index contributed by atoms with van der Waals surface area (Å²) in [5, 5.41) is 0. The molecule has 1 aromatic rings. The summed E-state index contributed by atoms with van der Waals surface area (Å²) in [5.41, 5.74) is 1.79. The van der Waals surface area contributed by atoms with Crippen LogP contribution in [-0.4, -0.2) is 25.9 Å². The van der Waals surface area contributed by atoms with Crippen LogP contribution in [0.3, 0.4) is 0 Å². The molecule has 0 aromatic heterocycles. The smallest absolute Gasteiger partial charge is 0.126 e. The number of rotatable bonds is 5. The molecule has 2 unspecified atom stereocenters. The maximum absolute atomic E-state index is 13.7. The molecule has 1 aromatic carbocycles. The Bertz CT molecular complexity index is 566. The van der Waals surface area contributed by atoms with Gasteiger partial charge in [-0.15, -0.1) is 0 Å². The second-order valence-electron chi connectivity index (χ2n) is 6.69. The molecule has 126 valence electrons. The zero-order chi connectivity index (χ0) is 16.2. The van der Waals surface area contributed by atoms with E-state index in [-0.39, 0.29) is 11.9 Å². The number of halogens is 2. The quantitative estimate of drug-likeness (QED) is 0.728. The van der Waals surface area contributed by atoms with Gasteiger partial charge >= 0.3 is 0 Å². The Labute approximate surface area is 146 Å². The van der Waals surface area contributed by atoms with Crippen molar-refractivity contribution >= 4 is 15.9 Å². The van der Waals surface area contributed by atoms with Gasteiger partial charge in [-0.2, -0.15) is 0 Å². The van der Waals surface area contributed by atoms with Gasteiger partial charge in [0.05, 0.1) is 19.3 Å². The lowest BCUT2D eigenvalue weighted by molar-refractivity contribution is 0.0262. The van der Waals surface area contributed by atoms with Gasteiger partial charge in [0.1, 0.15) is 5.82 Å². The number of benzene rings is 1. The van der Waals surface area contributed by atoms with E-state index in [0.717, 1.165) is 51.1 Å². The topological polar surface area (TPSA) is 18.5 Å². The van der Waals surface area contributed by atoms with Crippen LogP contribution in [0, 0.1) is 24.6 Å². The molecule has 0 bridgehead atoms. The molecule has 1 fully saturated rings. The molecular formula is C19H24BrFO2. The minimum Gasteiger partial charge on any atom is -0.379 e. The molecule has 1 aliphatic heterocycles. The standard InChI is InChI=1S/C19H24BrFO2/c1-13-2-3-15(10-19(13)21)8-14-4-5-16(18(20)9-14)11-23-17-6-7-22-12-17/h2-3,9-10,14,16-17H,4-8,11-12H2,1H3/t14-,16?,17?/m0/s1. The summed E-state index contributed by atoms with van der Waals surface area (Å²) in [6, 6.07) is 5.58. The third-order valence-electron chi connectivity index (χ3n) is 4.83. The molecule has 0 N–H and O–H groups in total. The fourth-order valence-electron chi connectivity index (χ4n) is 3.28. The Morgan fingerprint density at radius 2 is 2.17 bits per heavy atom. The van der Waals surface area contributed by atoms with E-state index in [1.165, 1.54) is 4.48 Å². The maximum atomic E-state index is 13.7. The summed E-state index contributed by atoms with van der Waals surface area (Å²) < 4.78 is 26.2. The summed E-state index contributed by atoms with van der Waals surface area (Å²) in [6.45, 7) is 4.12. The Hall–Kier alpha value is -0.710. The van der Waals surface area contributed by atoms with Crippen LogP contribution >= 0.6 is 15.9 Å². The predicted molar refractivity (Wildman–Crippen MR) is 93.2 cm³/mol. The van der Waals surface area contributed by atoms with Crippen molar-refractivity contribution in [1.82, 2.24) is 0 Å². The first-order chi connectivity index (χ1) is 11.1. The zero-order valence-electron chi connectivity index (χ0n) is 13.6. The average molecular weight is 383 g/mol. The van der Waals surface area contributed by atoms with Gasteiger partial charge in [0, 0.05) is 12.5 Å². The summed E-state index contributed by atoms with van der Waals surface area (Å²) >= 11 is 3.72. The first-order valence-corrected chi connectivity index (χ1v) is 9.22. The van der Waals surface area contributed by atoms with Crippen LogP contribution in [0.4, 0.5) is 4.39 Å². The van der Waals surface area contributed by atoms with Crippen LogP contribution < -0.4 is 0 Å². The molecule has 1 saturated heterocycles. The van der Waals surface area contributed by atoms with Gasteiger partial charge in [-0.3, -0.25) is 0 Å². The first kappa shape index (κ1) is 17.1. The van der Waals surface area contributed by atoms with Crippen LogP contribution in [-0.2, 0) is 15.9 Å². The largest absolute Gasteiger partial charge is 0.379 e. The molecule has 0 spiro atoms. The lowest BCUT2D eigenvalue weighted by atomic mass is 9.85. The number of ether oxygens (including phenoxy) is 2. The molecule has 3 rings (SSSR count). The minimum atomic E-state index is -0.105. The van der Waals surface area contributed by atoms with Crippen molar-refractivity contribution in [3.63, 3.8) is 0 Å². The van der Waals surface area contributed by atoms with Gasteiger partial charge in [0.2, 0.25) is 0 Å². The monoisotopic (exact) mass is 382 g/mol. The van der Waals surface area contributed by atoms with Crippen LogP contribution in [0.1, 0.15) is 30.4 Å². The van der Waals surface area contributed by atoms with E-state index in [0.29, 0.717) is 17.4 Å². The van der Waals surface area contributed by atoms with Crippen molar-refractivity contribution < 1.29 is 13.9 Å². The van der Waals surface area contributed by atoms with E-state index in [9.17, 15) is 4.39 Å². The van der Waals surface area contributed by atoms with Gasteiger partial charge in [-0.25, -0.2) is 4.39 Å². The van der Waals surface area contributed by atoms with E-state index in [2.05, 4.69) is 22.0 Å². The van der Waals surface area contributed by atoms with Crippen molar-refractivity contribution in [3.8, 4) is 0 Å². The third-order valence-corrected chi connectivity index (χ3v) is 5.74. The molecule has 2 aliphatic rings. The lowest BCUT2D eigenvalue weighted by Crippen LogP contribution is -2.22. The van der Waals surface area contributed by atoms with Crippen LogP contribution in [0.2, 0.25) is 0 Å². The second-order valence-corrected chi connectivity index (χ2v) is 7.61. The molecule has 0 amide bonds. The van der Waals surface area contributed by atoms with Crippen LogP contribution in [0.5, 0.6) is 0 Å². The predicted octanol–water partition coefficient (Wildman–Crippen LogP) is 4.79. The molecular weight excluding hydrogens is 359 g/mol. The maximum Gasteiger partial charge on any atom is 0.126 e. The highest BCUT2D eigenvalue weighted by Crippen LogP contribution is 2.34. The van der Waals surface area contributed by atoms with Crippen LogP contribution in [0.25, 0.3) is 0 Å². The van der Waals surface area contributed by atoms with E-state index in [1.807, 2.05) is 12.1 Å². The summed E-state index contributed by atoms with van der Waals surface area (Å²) in [6.07, 6.45) is 6.71. The van der Waals surface area contributed by atoms with E-state index < -0.39 is 0 Å². The second kappa shape index (κ2) is 7.91. The van der Waals surface area contributed by atoms with Crippen LogP contribution in [0.15, 0.2) is 28.8 Å². The van der Waals surface area contributed by atoms with Gasteiger partial charge in [0.15, 0.2) is 0 Å². The Morgan fingerprint density at radius 1 is 1.30 bits per heavy atom. The van der Waals surface area contributed by atoms with Gasteiger partial charge in [-0.05, 0) is 60.2 Å². The Morgan fingerprint density at radius 3 is 2.87 bits per heavy atom. The molecule has 3 atom stereocenters. The van der Waals surface area contributed by atoms with Crippen molar-refractivity contribution in [2.45, 2.75) is 38.7 Å².